The Kier molecular flexibility index (Phi) is 51.1. The van der Waals surface area contributed by atoms with E-state index in [0.29, 0.717) is 38.9 Å². The third kappa shape index (κ3) is 51.5. The maximum absolute atomic E-state index is 13.2. The van der Waals surface area contributed by atoms with Gasteiger partial charge in [0.1, 0.15) is 0 Å². The first kappa shape index (κ1) is 92.4. The van der Waals surface area contributed by atoms with Gasteiger partial charge in [-0.15, -0.1) is 0 Å². The summed E-state index contributed by atoms with van der Waals surface area (Å²) in [5, 5.41) is 14.7. The summed E-state index contributed by atoms with van der Waals surface area (Å²) in [5.41, 5.74) is 3.80. The average molecular weight is 1440 g/mol. The van der Waals surface area contributed by atoms with Gasteiger partial charge in [-0.1, -0.05) is 138 Å². The molecule has 2 aromatic rings. The van der Waals surface area contributed by atoms with Crippen LogP contribution in [0.25, 0.3) is 0 Å². The number of benzene rings is 2. The van der Waals surface area contributed by atoms with Crippen molar-refractivity contribution in [2.24, 2.45) is 10.8 Å². The van der Waals surface area contributed by atoms with Crippen LogP contribution in [-0.2, 0) is 96.3 Å². The molecular formula is C70H121N6O19P3. The molecule has 0 atom stereocenters. The molecule has 0 bridgehead atoms. The van der Waals surface area contributed by atoms with Gasteiger partial charge in [0.15, 0.2) is 0 Å². The van der Waals surface area contributed by atoms with Crippen LogP contribution >= 0.6 is 22.8 Å². The molecule has 0 aliphatic carbocycles. The number of nitrogens with one attached hydrogen (secondary N) is 6. The highest BCUT2D eigenvalue weighted by Crippen LogP contribution is 2.49. The van der Waals surface area contributed by atoms with Crippen LogP contribution < -0.4 is 31.9 Å². The summed E-state index contributed by atoms with van der Waals surface area (Å²) in [6.07, 6.45) is 31.8. The van der Waals surface area contributed by atoms with Gasteiger partial charge >= 0.3 is 70.2 Å². The SMILES string of the molecule is CNC(=O)C(=O)NCCCC/C=C\CCCCCCCCCP(=O)(OCOC(=O)C(C)(C)C)OCOC(=O)C(C)(C)C.CNC(=O)C(=O)NCCCCc1ccccc1CCCCCCCCCP(=O)(O)O.CNC(=O)C(=O)NCCCc1ccccc1CCCCCCP(=O)(O)O. The summed E-state index contributed by atoms with van der Waals surface area (Å²) in [4.78, 5) is 127. The van der Waals surface area contributed by atoms with Crippen molar-refractivity contribution < 1.29 is 90.1 Å². The molecule has 560 valence electrons. The van der Waals surface area contributed by atoms with Crippen LogP contribution in [0.1, 0.15) is 224 Å². The molecule has 0 spiro atoms. The summed E-state index contributed by atoms with van der Waals surface area (Å²) < 4.78 is 55.7. The molecule has 10 N–H and O–H groups in total. The number of aryl methyl sites for hydroxylation is 4. The fourth-order valence-corrected chi connectivity index (χ4v) is 12.1. The van der Waals surface area contributed by atoms with Gasteiger partial charge in [-0.2, -0.15) is 0 Å². The number of carbonyl (C=O) groups is 8. The van der Waals surface area contributed by atoms with E-state index in [-0.39, 0.29) is 18.5 Å². The molecule has 28 heteroatoms. The minimum atomic E-state index is -3.87. The second-order valence-electron chi connectivity index (χ2n) is 26.2. The van der Waals surface area contributed by atoms with Crippen molar-refractivity contribution in [1.29, 1.82) is 0 Å². The lowest BCUT2D eigenvalue weighted by molar-refractivity contribution is -0.162. The molecular weight excluding hydrogens is 1320 g/mol. The minimum Gasteiger partial charge on any atom is -0.438 e. The maximum Gasteiger partial charge on any atom is 0.336 e. The summed E-state index contributed by atoms with van der Waals surface area (Å²) in [5.74, 6) is -4.62. The quantitative estimate of drug-likeness (QED) is 0.00735. The van der Waals surface area contributed by atoms with Gasteiger partial charge in [-0.3, -0.25) is 61.1 Å². The molecule has 2 rings (SSSR count). The van der Waals surface area contributed by atoms with Crippen LogP contribution in [-0.4, -0.2) is 140 Å². The molecule has 0 fully saturated rings. The fourth-order valence-electron chi connectivity index (χ4n) is 9.50. The molecule has 0 unspecified atom stereocenters. The number of allylic oxidation sites excluding steroid dienone is 2. The maximum atomic E-state index is 13.2. The number of likely N-dealkylation sites (N-methyl/N-ethyl adjacent to an activating group) is 3. The third-order valence-corrected chi connectivity index (χ3v) is 19.0. The second kappa shape index (κ2) is 54.2. The largest absolute Gasteiger partial charge is 0.438 e. The number of unbranched alkanes of at least 4 members (excludes halogenated alkanes) is 19. The van der Waals surface area contributed by atoms with Gasteiger partial charge < -0.3 is 60.9 Å². The van der Waals surface area contributed by atoms with Crippen LogP contribution in [0, 0.1) is 10.8 Å². The van der Waals surface area contributed by atoms with Crippen molar-refractivity contribution in [1.82, 2.24) is 31.9 Å². The lowest BCUT2D eigenvalue weighted by Crippen LogP contribution is -2.38. The Balaban J connectivity index is 0.00000149. The van der Waals surface area contributed by atoms with Crippen LogP contribution in [0.15, 0.2) is 60.7 Å². The lowest BCUT2D eigenvalue weighted by atomic mass is 9.97. The van der Waals surface area contributed by atoms with E-state index in [1.807, 2.05) is 12.1 Å². The topological polar surface area (TPSA) is 378 Å². The van der Waals surface area contributed by atoms with Gasteiger partial charge in [0.25, 0.3) is 0 Å². The molecule has 25 nitrogen and oxygen atoms in total. The van der Waals surface area contributed by atoms with E-state index >= 15 is 0 Å². The van der Waals surface area contributed by atoms with Crippen LogP contribution in [0.4, 0.5) is 0 Å². The second-order valence-corrected chi connectivity index (χ2v) is 31.9. The molecule has 6 amide bonds. The standard InChI is InChI=1S/C30H55N2O9P.C22H37N2O5P.C18H29N2O5P/c1-29(2,3)27(35)38-23-40-42(37,41-24-39-28(36)30(4,5)6)22-20-18-16-14-12-10-8-9-11-13-15-17-19-21-32-26(34)25(33)31-7;1-23-21(25)22(26)24-17-11-10-16-20-15-9-8-14-19(20)13-7-5-3-2-4-6-12-18-30(27,28)29;1-19-17(21)18(22)20-13-8-12-16-11-6-5-10-15(16)9-4-2-3-7-14-26(23,24)25/h11,13H,8-10,12,14-24H2,1-7H3,(H,31,33)(H,32,34);8-9,14-15H,2-7,10-13,16-18H2,1H3,(H,23,25)(H,24,26)(H2,27,28,29);5-6,10-11H,2-4,7-9,12-14H2,1H3,(H,19,21)(H,20,22)(H2,23,24,25)/b13-11-;;. The van der Waals surface area contributed by atoms with Crippen molar-refractivity contribution in [3.8, 4) is 0 Å². The van der Waals surface area contributed by atoms with E-state index in [0.717, 1.165) is 161 Å². The van der Waals surface area contributed by atoms with E-state index in [4.69, 9.17) is 38.1 Å². The summed E-state index contributed by atoms with van der Waals surface area (Å²) in [6.45, 7) is 10.7. The predicted molar refractivity (Wildman–Crippen MR) is 383 cm³/mol. The van der Waals surface area contributed by atoms with Crippen molar-refractivity contribution >= 4 is 70.2 Å². The van der Waals surface area contributed by atoms with Crippen molar-refractivity contribution in [2.45, 2.75) is 228 Å². The number of hydrogen-bond donors (Lipinski definition) is 10. The Bertz CT molecular complexity index is 2760. The van der Waals surface area contributed by atoms with Gasteiger partial charge in [0.2, 0.25) is 13.6 Å². The zero-order valence-corrected chi connectivity index (χ0v) is 62.9. The Morgan fingerprint density at radius 3 is 0.959 bits per heavy atom. The number of amides is 6. The number of hydrogen-bond acceptors (Lipinski definition) is 15. The Morgan fingerprint density at radius 1 is 0.367 bits per heavy atom. The normalized spacial score (nSPS) is 11.7. The molecule has 2 aromatic carbocycles. The highest BCUT2D eigenvalue weighted by Gasteiger charge is 2.30. The van der Waals surface area contributed by atoms with E-state index in [2.05, 4.69) is 80.5 Å². The summed E-state index contributed by atoms with van der Waals surface area (Å²) in [6, 6.07) is 16.6. The first-order chi connectivity index (χ1) is 46.3. The summed E-state index contributed by atoms with van der Waals surface area (Å²) >= 11 is 0. The molecule has 0 aliphatic rings. The van der Waals surface area contributed by atoms with Crippen LogP contribution in [0.2, 0.25) is 0 Å². The van der Waals surface area contributed by atoms with E-state index in [9.17, 15) is 52.1 Å². The van der Waals surface area contributed by atoms with E-state index in [1.54, 1.807) is 41.5 Å². The smallest absolute Gasteiger partial charge is 0.336 e. The Hall–Kier alpha value is -5.61. The Morgan fingerprint density at radius 2 is 0.633 bits per heavy atom. The minimum absolute atomic E-state index is 0.00419. The molecule has 0 aromatic heterocycles. The zero-order chi connectivity index (χ0) is 73.7. The first-order valence-electron chi connectivity index (χ1n) is 34.9. The van der Waals surface area contributed by atoms with Gasteiger partial charge in [-0.25, -0.2) is 0 Å². The van der Waals surface area contributed by atoms with Crippen molar-refractivity contribution in [3.63, 3.8) is 0 Å². The van der Waals surface area contributed by atoms with Crippen molar-refractivity contribution in [3.05, 3.63) is 82.9 Å². The number of ether oxygens (including phenoxy) is 2. The average Bonchev–Trinajstić information content (AvgIpc) is 0.919. The number of carbonyl (C=O) groups excluding carboxylic acids is 8. The molecule has 98 heavy (non-hydrogen) atoms. The number of esters is 2. The van der Waals surface area contributed by atoms with Crippen molar-refractivity contribution in [2.75, 3.05) is 72.8 Å². The molecule has 0 heterocycles. The Labute approximate surface area is 584 Å². The molecule has 0 saturated carbocycles. The van der Waals surface area contributed by atoms with E-state index in [1.165, 1.54) is 49.8 Å². The van der Waals surface area contributed by atoms with Gasteiger partial charge in [0.05, 0.1) is 17.0 Å². The highest BCUT2D eigenvalue weighted by molar-refractivity contribution is 7.53. The molecule has 0 saturated heterocycles. The molecule has 0 aliphatic heterocycles. The third-order valence-electron chi connectivity index (χ3n) is 15.3. The zero-order valence-electron chi connectivity index (χ0n) is 60.2. The highest BCUT2D eigenvalue weighted by atomic mass is 31.2. The number of rotatable bonds is 47. The van der Waals surface area contributed by atoms with Crippen LogP contribution in [0.3, 0.4) is 0 Å². The summed E-state index contributed by atoms with van der Waals surface area (Å²) in [7, 11) is -7.03. The van der Waals surface area contributed by atoms with Crippen LogP contribution in [0.5, 0.6) is 0 Å². The van der Waals surface area contributed by atoms with Gasteiger partial charge in [-0.05, 0) is 173 Å². The van der Waals surface area contributed by atoms with Gasteiger partial charge in [0, 0.05) is 53.1 Å². The predicted octanol–water partition coefficient (Wildman–Crippen LogP) is 11.1. The van der Waals surface area contributed by atoms with E-state index < -0.39 is 94.6 Å². The first-order valence-corrected chi connectivity index (χ1v) is 40.2. The monoisotopic (exact) mass is 1440 g/mol. The lowest BCUT2D eigenvalue weighted by Gasteiger charge is -2.22. The fraction of sp³-hybridized carbons (Fsp3) is 0.686. The molecule has 0 radical (unpaired) electrons.